The smallest absolute Gasteiger partial charge is 0.259 e. The van der Waals surface area contributed by atoms with E-state index >= 15 is 0 Å². The van der Waals surface area contributed by atoms with Gasteiger partial charge in [0.25, 0.3) is 5.89 Å². The lowest BCUT2D eigenvalue weighted by molar-refractivity contribution is 0.392. The van der Waals surface area contributed by atoms with Crippen LogP contribution in [-0.4, -0.2) is 40.7 Å². The summed E-state index contributed by atoms with van der Waals surface area (Å²) in [6.07, 6.45) is 2.39. The van der Waals surface area contributed by atoms with Gasteiger partial charge in [-0.25, -0.2) is 4.98 Å². The van der Waals surface area contributed by atoms with Crippen molar-refractivity contribution in [2.45, 2.75) is 6.42 Å². The van der Waals surface area contributed by atoms with Crippen LogP contribution in [0.25, 0.3) is 11.5 Å². The highest BCUT2D eigenvalue weighted by Crippen LogP contribution is 2.16. The third kappa shape index (κ3) is 3.01. The first-order valence-corrected chi connectivity index (χ1v) is 5.34. The molecule has 17 heavy (non-hydrogen) atoms. The molecular formula is C11H15N5O. The van der Waals surface area contributed by atoms with E-state index in [1.807, 2.05) is 20.2 Å². The van der Waals surface area contributed by atoms with Crippen molar-refractivity contribution in [3.8, 4) is 11.5 Å². The van der Waals surface area contributed by atoms with Gasteiger partial charge in [0, 0.05) is 19.2 Å². The zero-order chi connectivity index (χ0) is 12.3. The van der Waals surface area contributed by atoms with Gasteiger partial charge in [-0.3, -0.25) is 0 Å². The van der Waals surface area contributed by atoms with Crippen molar-refractivity contribution >= 4 is 5.82 Å². The Bertz CT molecular complexity index is 477. The van der Waals surface area contributed by atoms with Gasteiger partial charge in [0.15, 0.2) is 5.82 Å². The van der Waals surface area contributed by atoms with E-state index in [-0.39, 0.29) is 0 Å². The van der Waals surface area contributed by atoms with E-state index in [4.69, 9.17) is 10.3 Å². The molecule has 6 heteroatoms. The lowest BCUT2D eigenvalue weighted by Gasteiger charge is -2.05. The van der Waals surface area contributed by atoms with Crippen LogP contribution in [0, 0.1) is 0 Å². The van der Waals surface area contributed by atoms with Gasteiger partial charge in [0.05, 0.1) is 5.56 Å². The Morgan fingerprint density at radius 1 is 1.35 bits per heavy atom. The maximum Gasteiger partial charge on any atom is 0.259 e. The standard InChI is InChI=1S/C11H15N5O/c1-16(2)6-5-10-14-11(17-15-10)8-3-4-9(12)13-7-8/h3-4,7H,5-6H2,1-2H3,(H2,12,13). The molecule has 0 saturated heterocycles. The fourth-order valence-corrected chi connectivity index (χ4v) is 1.33. The average Bonchev–Trinajstić information content (AvgIpc) is 2.76. The van der Waals surface area contributed by atoms with Gasteiger partial charge >= 0.3 is 0 Å². The van der Waals surface area contributed by atoms with Crippen LogP contribution in [0.15, 0.2) is 22.9 Å². The Hall–Kier alpha value is -1.95. The average molecular weight is 233 g/mol. The molecule has 0 aliphatic rings. The van der Waals surface area contributed by atoms with E-state index in [1.165, 1.54) is 0 Å². The van der Waals surface area contributed by atoms with Gasteiger partial charge in [-0.15, -0.1) is 0 Å². The van der Waals surface area contributed by atoms with Gasteiger partial charge < -0.3 is 15.2 Å². The van der Waals surface area contributed by atoms with Crippen LogP contribution in [0.2, 0.25) is 0 Å². The fourth-order valence-electron chi connectivity index (χ4n) is 1.33. The molecule has 2 rings (SSSR count). The molecule has 0 aliphatic heterocycles. The molecule has 90 valence electrons. The number of likely N-dealkylation sites (N-methyl/N-ethyl adjacent to an activating group) is 1. The van der Waals surface area contributed by atoms with Gasteiger partial charge in [-0.1, -0.05) is 5.16 Å². The van der Waals surface area contributed by atoms with Crippen molar-refractivity contribution in [3.05, 3.63) is 24.2 Å². The number of nitrogens with zero attached hydrogens (tertiary/aromatic N) is 4. The van der Waals surface area contributed by atoms with Crippen molar-refractivity contribution < 1.29 is 4.52 Å². The molecule has 2 aromatic heterocycles. The number of rotatable bonds is 4. The quantitative estimate of drug-likeness (QED) is 0.842. The van der Waals surface area contributed by atoms with Crippen LogP contribution in [0.3, 0.4) is 0 Å². The molecule has 0 aliphatic carbocycles. The number of nitrogens with two attached hydrogens (primary N) is 1. The lowest BCUT2D eigenvalue weighted by Crippen LogP contribution is -2.15. The highest BCUT2D eigenvalue weighted by atomic mass is 16.5. The zero-order valence-corrected chi connectivity index (χ0v) is 9.92. The molecule has 0 saturated carbocycles. The van der Waals surface area contributed by atoms with Crippen LogP contribution in [0.5, 0.6) is 0 Å². The maximum atomic E-state index is 5.51. The summed E-state index contributed by atoms with van der Waals surface area (Å²) < 4.78 is 5.16. The molecule has 0 unspecified atom stereocenters. The number of hydrogen-bond donors (Lipinski definition) is 1. The number of pyridine rings is 1. The molecule has 0 aromatic carbocycles. The number of anilines is 1. The Kier molecular flexibility index (Phi) is 3.34. The Balaban J connectivity index is 2.10. The first-order valence-electron chi connectivity index (χ1n) is 5.34. The van der Waals surface area contributed by atoms with Gasteiger partial charge in [0.1, 0.15) is 5.82 Å². The first-order chi connectivity index (χ1) is 8.15. The van der Waals surface area contributed by atoms with Crippen molar-refractivity contribution in [3.63, 3.8) is 0 Å². The summed E-state index contributed by atoms with van der Waals surface area (Å²) in [6.45, 7) is 0.888. The van der Waals surface area contributed by atoms with E-state index < -0.39 is 0 Å². The third-order valence-electron chi connectivity index (χ3n) is 2.28. The molecule has 2 heterocycles. The summed E-state index contributed by atoms with van der Waals surface area (Å²) in [5.41, 5.74) is 6.29. The van der Waals surface area contributed by atoms with Crippen molar-refractivity contribution in [2.24, 2.45) is 0 Å². The second-order valence-electron chi connectivity index (χ2n) is 4.04. The lowest BCUT2D eigenvalue weighted by atomic mass is 10.3. The van der Waals surface area contributed by atoms with E-state index in [2.05, 4.69) is 20.0 Å². The fraction of sp³-hybridized carbons (Fsp3) is 0.364. The summed E-state index contributed by atoms with van der Waals surface area (Å²) in [4.78, 5) is 10.3. The number of aromatic nitrogens is 3. The molecule has 0 atom stereocenters. The molecule has 0 amide bonds. The van der Waals surface area contributed by atoms with E-state index in [9.17, 15) is 0 Å². The molecule has 0 radical (unpaired) electrons. The van der Waals surface area contributed by atoms with Crippen LogP contribution < -0.4 is 5.73 Å². The SMILES string of the molecule is CN(C)CCc1noc(-c2ccc(N)nc2)n1. The second kappa shape index (κ2) is 4.92. The van der Waals surface area contributed by atoms with Gasteiger partial charge in [-0.2, -0.15) is 4.98 Å². The zero-order valence-electron chi connectivity index (χ0n) is 9.92. The highest BCUT2D eigenvalue weighted by Gasteiger charge is 2.09. The molecule has 0 fully saturated rings. The van der Waals surface area contributed by atoms with E-state index in [0.717, 1.165) is 18.5 Å². The third-order valence-corrected chi connectivity index (χ3v) is 2.28. The maximum absolute atomic E-state index is 5.51. The van der Waals surface area contributed by atoms with E-state index in [0.29, 0.717) is 17.5 Å². The van der Waals surface area contributed by atoms with Crippen LogP contribution >= 0.6 is 0 Å². The predicted octanol–water partition coefficient (Wildman–Crippen LogP) is 0.818. The Labute approximate surface area is 99.5 Å². The van der Waals surface area contributed by atoms with Crippen molar-refractivity contribution in [2.75, 3.05) is 26.4 Å². The molecule has 0 bridgehead atoms. The highest BCUT2D eigenvalue weighted by molar-refractivity contribution is 5.53. The molecule has 0 spiro atoms. The molecule has 2 aromatic rings. The second-order valence-corrected chi connectivity index (χ2v) is 4.04. The summed E-state index contributed by atoms with van der Waals surface area (Å²) in [5.74, 6) is 1.65. The van der Waals surface area contributed by atoms with Crippen molar-refractivity contribution in [1.82, 2.24) is 20.0 Å². The van der Waals surface area contributed by atoms with Crippen LogP contribution in [0.1, 0.15) is 5.82 Å². The monoisotopic (exact) mass is 233 g/mol. The Morgan fingerprint density at radius 3 is 2.82 bits per heavy atom. The summed E-state index contributed by atoms with van der Waals surface area (Å²) in [5, 5.41) is 3.92. The van der Waals surface area contributed by atoms with Gasteiger partial charge in [-0.05, 0) is 26.2 Å². The minimum absolute atomic E-state index is 0.473. The van der Waals surface area contributed by atoms with Crippen LogP contribution in [0.4, 0.5) is 5.82 Å². The van der Waals surface area contributed by atoms with Crippen molar-refractivity contribution in [1.29, 1.82) is 0 Å². The molecule has 6 nitrogen and oxygen atoms in total. The summed E-state index contributed by atoms with van der Waals surface area (Å²) >= 11 is 0. The summed E-state index contributed by atoms with van der Waals surface area (Å²) in [6, 6.07) is 3.52. The first kappa shape index (κ1) is 11.5. The summed E-state index contributed by atoms with van der Waals surface area (Å²) in [7, 11) is 4.01. The minimum atomic E-state index is 0.473. The van der Waals surface area contributed by atoms with E-state index in [1.54, 1.807) is 12.3 Å². The Morgan fingerprint density at radius 2 is 2.18 bits per heavy atom. The minimum Gasteiger partial charge on any atom is -0.384 e. The van der Waals surface area contributed by atoms with Crippen LogP contribution in [-0.2, 0) is 6.42 Å². The topological polar surface area (TPSA) is 81.1 Å². The molecule has 2 N–H and O–H groups in total. The molecular weight excluding hydrogens is 218 g/mol. The number of nitrogen functional groups attached to an aromatic ring is 1. The van der Waals surface area contributed by atoms with Gasteiger partial charge in [0.2, 0.25) is 0 Å². The largest absolute Gasteiger partial charge is 0.384 e. The predicted molar refractivity (Wildman–Crippen MR) is 64.2 cm³/mol. The number of hydrogen-bond acceptors (Lipinski definition) is 6. The normalized spacial score (nSPS) is 11.0.